The van der Waals surface area contributed by atoms with E-state index in [1.54, 1.807) is 0 Å². The van der Waals surface area contributed by atoms with Gasteiger partial charge in [0.1, 0.15) is 0 Å². The first-order valence-corrected chi connectivity index (χ1v) is 8.63. The summed E-state index contributed by atoms with van der Waals surface area (Å²) in [4.78, 5) is 22.1. The Labute approximate surface area is 150 Å². The van der Waals surface area contributed by atoms with Crippen molar-refractivity contribution < 1.29 is 28.5 Å². The lowest BCUT2D eigenvalue weighted by molar-refractivity contribution is -0.122. The summed E-state index contributed by atoms with van der Waals surface area (Å²) in [6, 6.07) is 0. The molecule has 0 aromatic carbocycles. The molecular weight excluding hydrogens is 330 g/mol. The molecule has 0 aromatic heterocycles. The van der Waals surface area contributed by atoms with Crippen LogP contribution in [0.4, 0.5) is 0 Å². The van der Waals surface area contributed by atoms with Crippen LogP contribution in [0.3, 0.4) is 0 Å². The van der Waals surface area contributed by atoms with Crippen molar-refractivity contribution in [1.82, 2.24) is 16.0 Å². The van der Waals surface area contributed by atoms with Crippen LogP contribution in [-0.2, 0) is 28.5 Å². The Morgan fingerprint density at radius 2 is 1.16 bits per heavy atom. The third kappa shape index (κ3) is 20.7. The van der Waals surface area contributed by atoms with Gasteiger partial charge in [0.05, 0.1) is 52.9 Å². The number of nitrogens with one attached hydrogen (secondary N) is 3. The average Bonchev–Trinajstić information content (AvgIpc) is 2.58. The highest BCUT2D eigenvalue weighted by molar-refractivity contribution is 5.75. The van der Waals surface area contributed by atoms with Crippen LogP contribution in [0.15, 0.2) is 0 Å². The van der Waals surface area contributed by atoms with Gasteiger partial charge in [-0.25, -0.2) is 0 Å². The Morgan fingerprint density at radius 3 is 1.68 bits per heavy atom. The Balaban J connectivity index is 3.16. The molecule has 0 atom stereocenters. The van der Waals surface area contributed by atoms with Crippen LogP contribution in [0.25, 0.3) is 0 Å². The topological polar surface area (TPSA) is 107 Å². The van der Waals surface area contributed by atoms with Crippen molar-refractivity contribution in [3.63, 3.8) is 0 Å². The van der Waals surface area contributed by atoms with E-state index in [2.05, 4.69) is 16.0 Å². The van der Waals surface area contributed by atoms with Gasteiger partial charge in [-0.3, -0.25) is 9.59 Å². The zero-order valence-corrected chi connectivity index (χ0v) is 15.4. The van der Waals surface area contributed by atoms with E-state index < -0.39 is 0 Å². The molecule has 0 radical (unpaired) electrons. The van der Waals surface area contributed by atoms with E-state index >= 15 is 0 Å². The molecule has 3 N–H and O–H groups in total. The van der Waals surface area contributed by atoms with E-state index in [-0.39, 0.29) is 11.8 Å². The summed E-state index contributed by atoms with van der Waals surface area (Å²) in [5.74, 6) is -0.134. The van der Waals surface area contributed by atoms with Crippen LogP contribution in [0.1, 0.15) is 13.3 Å². The molecule has 9 heteroatoms. The van der Waals surface area contributed by atoms with Crippen molar-refractivity contribution in [2.45, 2.75) is 13.3 Å². The number of ether oxygens (including phenoxy) is 4. The first-order valence-electron chi connectivity index (χ1n) is 8.63. The van der Waals surface area contributed by atoms with Crippen molar-refractivity contribution in [2.75, 3.05) is 79.5 Å². The minimum Gasteiger partial charge on any atom is -0.379 e. The van der Waals surface area contributed by atoms with Crippen LogP contribution < -0.4 is 16.0 Å². The van der Waals surface area contributed by atoms with E-state index in [0.717, 1.165) is 6.54 Å². The molecule has 9 nitrogen and oxygen atoms in total. The normalized spacial score (nSPS) is 10.6. The van der Waals surface area contributed by atoms with Crippen molar-refractivity contribution >= 4 is 11.8 Å². The molecule has 0 heterocycles. The average molecular weight is 363 g/mol. The number of hydrogen-bond acceptors (Lipinski definition) is 7. The minimum absolute atomic E-state index is 0.0636. The van der Waals surface area contributed by atoms with Crippen LogP contribution in [-0.4, -0.2) is 91.4 Å². The van der Waals surface area contributed by atoms with E-state index in [0.29, 0.717) is 72.4 Å². The fourth-order valence-corrected chi connectivity index (χ4v) is 1.63. The zero-order chi connectivity index (χ0) is 18.6. The fraction of sp³-hybridized carbons (Fsp3) is 0.875. The molecule has 0 bridgehead atoms. The highest BCUT2D eigenvalue weighted by Crippen LogP contribution is 1.85. The van der Waals surface area contributed by atoms with Crippen molar-refractivity contribution in [3.8, 4) is 0 Å². The maximum atomic E-state index is 11.5. The summed E-state index contributed by atoms with van der Waals surface area (Å²) in [6.07, 6.45) is 0.322. The van der Waals surface area contributed by atoms with Crippen molar-refractivity contribution in [2.24, 2.45) is 0 Å². The van der Waals surface area contributed by atoms with Crippen molar-refractivity contribution in [3.05, 3.63) is 0 Å². The molecule has 0 aliphatic heterocycles. The summed E-state index contributed by atoms with van der Waals surface area (Å²) in [6.45, 7) is 7.08. The monoisotopic (exact) mass is 363 g/mol. The SMILES string of the molecule is CNCCOCCOCCC(=O)NCCOCCOCCNC(C)=O. The van der Waals surface area contributed by atoms with Gasteiger partial charge in [0.15, 0.2) is 0 Å². The smallest absolute Gasteiger partial charge is 0.222 e. The number of rotatable bonds is 18. The van der Waals surface area contributed by atoms with Crippen LogP contribution in [0.5, 0.6) is 0 Å². The van der Waals surface area contributed by atoms with Gasteiger partial charge in [0, 0.05) is 33.0 Å². The van der Waals surface area contributed by atoms with E-state index in [4.69, 9.17) is 18.9 Å². The summed E-state index contributed by atoms with van der Waals surface area (Å²) < 4.78 is 21.2. The van der Waals surface area contributed by atoms with Gasteiger partial charge < -0.3 is 34.9 Å². The number of carbonyl (C=O) groups is 2. The molecule has 2 amide bonds. The molecule has 0 rings (SSSR count). The minimum atomic E-state index is -0.0705. The van der Waals surface area contributed by atoms with Crippen LogP contribution in [0.2, 0.25) is 0 Å². The predicted octanol–water partition coefficient (Wildman–Crippen LogP) is -1.09. The molecule has 0 saturated carbocycles. The number of carbonyl (C=O) groups excluding carboxylic acids is 2. The Hall–Kier alpha value is -1.26. The molecular formula is C16H33N3O6. The summed E-state index contributed by atoms with van der Waals surface area (Å²) in [5, 5.41) is 8.37. The van der Waals surface area contributed by atoms with Gasteiger partial charge >= 0.3 is 0 Å². The van der Waals surface area contributed by atoms with E-state index in [1.165, 1.54) is 6.92 Å². The molecule has 0 spiro atoms. The highest BCUT2D eigenvalue weighted by atomic mass is 16.5. The third-order valence-electron chi connectivity index (χ3n) is 2.90. The summed E-state index contributed by atoms with van der Waals surface area (Å²) >= 11 is 0. The summed E-state index contributed by atoms with van der Waals surface area (Å²) in [5.41, 5.74) is 0. The van der Waals surface area contributed by atoms with Crippen LogP contribution >= 0.6 is 0 Å². The van der Waals surface area contributed by atoms with Gasteiger partial charge in [-0.05, 0) is 7.05 Å². The van der Waals surface area contributed by atoms with Gasteiger partial charge in [-0.1, -0.05) is 0 Å². The van der Waals surface area contributed by atoms with E-state index in [9.17, 15) is 9.59 Å². The van der Waals surface area contributed by atoms with Gasteiger partial charge in [-0.15, -0.1) is 0 Å². The van der Waals surface area contributed by atoms with E-state index in [1.807, 2.05) is 7.05 Å². The molecule has 0 aliphatic carbocycles. The first kappa shape index (κ1) is 23.7. The molecule has 0 saturated heterocycles. The molecule has 25 heavy (non-hydrogen) atoms. The number of hydrogen-bond donors (Lipinski definition) is 3. The second kappa shape index (κ2) is 19.1. The second-order valence-corrected chi connectivity index (χ2v) is 5.14. The molecule has 0 aliphatic rings. The zero-order valence-electron chi connectivity index (χ0n) is 15.4. The quantitative estimate of drug-likeness (QED) is 0.266. The Morgan fingerprint density at radius 1 is 0.680 bits per heavy atom. The number of likely N-dealkylation sites (N-methyl/N-ethyl adjacent to an activating group) is 1. The summed E-state index contributed by atoms with van der Waals surface area (Å²) in [7, 11) is 1.87. The Kier molecular flexibility index (Phi) is 18.1. The standard InChI is InChI=1S/C16H33N3O6/c1-15(20)18-5-9-24-13-14-25-10-6-19-16(21)3-7-22-11-12-23-8-4-17-2/h17H,3-14H2,1-2H3,(H,18,20)(H,19,21). The van der Waals surface area contributed by atoms with Crippen LogP contribution in [0, 0.1) is 0 Å². The lowest BCUT2D eigenvalue weighted by Crippen LogP contribution is -2.28. The molecule has 148 valence electrons. The van der Waals surface area contributed by atoms with Gasteiger partial charge in [-0.2, -0.15) is 0 Å². The third-order valence-corrected chi connectivity index (χ3v) is 2.90. The lowest BCUT2D eigenvalue weighted by Gasteiger charge is -2.08. The lowest BCUT2D eigenvalue weighted by atomic mass is 10.4. The molecule has 0 fully saturated rings. The number of amides is 2. The predicted molar refractivity (Wildman–Crippen MR) is 93.5 cm³/mol. The van der Waals surface area contributed by atoms with Gasteiger partial charge in [0.25, 0.3) is 0 Å². The molecule has 0 unspecified atom stereocenters. The highest BCUT2D eigenvalue weighted by Gasteiger charge is 2.00. The Bertz CT molecular complexity index is 331. The first-order chi connectivity index (χ1) is 12.2. The van der Waals surface area contributed by atoms with Crippen molar-refractivity contribution in [1.29, 1.82) is 0 Å². The fourth-order valence-electron chi connectivity index (χ4n) is 1.63. The maximum Gasteiger partial charge on any atom is 0.222 e. The maximum absolute atomic E-state index is 11.5. The molecule has 0 aromatic rings. The van der Waals surface area contributed by atoms with Gasteiger partial charge in [0.2, 0.25) is 11.8 Å². The largest absolute Gasteiger partial charge is 0.379 e. The second-order valence-electron chi connectivity index (χ2n) is 5.14.